The van der Waals surface area contributed by atoms with Gasteiger partial charge in [0.05, 0.1) is 23.5 Å². The SMILES string of the molecule is CCOC(=O)[C@@H]1CCC[C@H]1OS(=O)(=O)c1ccc(C)cc1. The Morgan fingerprint density at radius 3 is 2.52 bits per heavy atom. The monoisotopic (exact) mass is 312 g/mol. The Bertz CT molecular complexity index is 591. The maximum Gasteiger partial charge on any atom is 0.311 e. The number of ether oxygens (including phenoxy) is 1. The summed E-state index contributed by atoms with van der Waals surface area (Å²) in [5, 5.41) is 0. The molecule has 0 bridgehead atoms. The molecule has 0 N–H and O–H groups in total. The molecule has 0 amide bonds. The van der Waals surface area contributed by atoms with E-state index < -0.39 is 22.1 Å². The summed E-state index contributed by atoms with van der Waals surface area (Å²) in [5.74, 6) is -0.871. The van der Waals surface area contributed by atoms with Gasteiger partial charge >= 0.3 is 5.97 Å². The zero-order chi connectivity index (χ0) is 15.5. The minimum Gasteiger partial charge on any atom is -0.466 e. The van der Waals surface area contributed by atoms with Gasteiger partial charge in [-0.1, -0.05) is 17.7 Å². The number of esters is 1. The van der Waals surface area contributed by atoms with Gasteiger partial charge in [0.15, 0.2) is 0 Å². The summed E-state index contributed by atoms with van der Waals surface area (Å²) < 4.78 is 34.8. The van der Waals surface area contributed by atoms with Gasteiger partial charge in [-0.15, -0.1) is 0 Å². The van der Waals surface area contributed by atoms with Crippen LogP contribution >= 0.6 is 0 Å². The van der Waals surface area contributed by atoms with Crippen molar-refractivity contribution >= 4 is 16.1 Å². The molecule has 1 aliphatic carbocycles. The zero-order valence-corrected chi connectivity index (χ0v) is 13.1. The van der Waals surface area contributed by atoms with E-state index in [1.165, 1.54) is 12.1 Å². The maximum absolute atomic E-state index is 12.3. The summed E-state index contributed by atoms with van der Waals surface area (Å²) >= 11 is 0. The number of hydrogen-bond donors (Lipinski definition) is 0. The number of benzene rings is 1. The highest BCUT2D eigenvalue weighted by atomic mass is 32.2. The molecule has 1 aromatic carbocycles. The standard InChI is InChI=1S/C15H20O5S/c1-3-19-15(16)13-5-4-6-14(13)20-21(17,18)12-9-7-11(2)8-10-12/h7-10,13-14H,3-6H2,1-2H3/t13-,14-/m1/s1. The van der Waals surface area contributed by atoms with Gasteiger partial charge < -0.3 is 4.74 Å². The molecule has 0 unspecified atom stereocenters. The third-order valence-electron chi connectivity index (χ3n) is 3.60. The molecule has 0 heterocycles. The van der Waals surface area contributed by atoms with Crippen LogP contribution in [0.1, 0.15) is 31.7 Å². The normalized spacial score (nSPS) is 22.2. The van der Waals surface area contributed by atoms with Gasteiger partial charge in [0.2, 0.25) is 0 Å². The highest BCUT2D eigenvalue weighted by Crippen LogP contribution is 2.32. The van der Waals surface area contributed by atoms with Gasteiger partial charge in [-0.2, -0.15) is 8.42 Å². The molecule has 2 atom stereocenters. The van der Waals surface area contributed by atoms with Gasteiger partial charge in [-0.25, -0.2) is 0 Å². The number of carbonyl (C=O) groups excluding carboxylic acids is 1. The molecule has 1 fully saturated rings. The van der Waals surface area contributed by atoms with Crippen LogP contribution in [0.5, 0.6) is 0 Å². The first-order valence-corrected chi connectivity index (χ1v) is 8.51. The molecule has 5 nitrogen and oxygen atoms in total. The molecule has 6 heteroatoms. The second-order valence-corrected chi connectivity index (χ2v) is 6.76. The Kier molecular flexibility index (Phi) is 5.00. The fourth-order valence-corrected chi connectivity index (χ4v) is 3.62. The molecule has 1 saturated carbocycles. The van der Waals surface area contributed by atoms with Gasteiger partial charge in [0.25, 0.3) is 10.1 Å². The van der Waals surface area contributed by atoms with Crippen molar-refractivity contribution in [1.29, 1.82) is 0 Å². The predicted octanol–water partition coefficient (Wildman–Crippen LogP) is 2.43. The van der Waals surface area contributed by atoms with Crippen LogP contribution in [0.2, 0.25) is 0 Å². The molecule has 116 valence electrons. The van der Waals surface area contributed by atoms with Crippen LogP contribution in [0.3, 0.4) is 0 Å². The first-order chi connectivity index (χ1) is 9.94. The molecule has 0 saturated heterocycles. The molecule has 0 radical (unpaired) electrons. The van der Waals surface area contributed by atoms with Crippen molar-refractivity contribution in [1.82, 2.24) is 0 Å². The first-order valence-electron chi connectivity index (χ1n) is 7.10. The summed E-state index contributed by atoms with van der Waals surface area (Å²) in [7, 11) is -3.85. The lowest BCUT2D eigenvalue weighted by Gasteiger charge is -2.18. The van der Waals surface area contributed by atoms with Crippen molar-refractivity contribution in [2.75, 3.05) is 6.61 Å². The largest absolute Gasteiger partial charge is 0.466 e. The van der Waals surface area contributed by atoms with Crippen LogP contribution in [0, 0.1) is 12.8 Å². The fraction of sp³-hybridized carbons (Fsp3) is 0.533. The molecule has 21 heavy (non-hydrogen) atoms. The van der Waals surface area contributed by atoms with E-state index >= 15 is 0 Å². The quantitative estimate of drug-likeness (QED) is 0.617. The van der Waals surface area contributed by atoms with Crippen molar-refractivity contribution in [2.45, 2.75) is 44.1 Å². The van der Waals surface area contributed by atoms with Crippen LogP contribution in [0.15, 0.2) is 29.2 Å². The molecular formula is C15H20O5S. The topological polar surface area (TPSA) is 69.7 Å². The average Bonchev–Trinajstić information content (AvgIpc) is 2.87. The van der Waals surface area contributed by atoms with Crippen molar-refractivity contribution in [3.8, 4) is 0 Å². The van der Waals surface area contributed by atoms with E-state index in [2.05, 4.69) is 0 Å². The molecule has 2 rings (SSSR count). The third kappa shape index (κ3) is 3.83. The Labute approximate surface area is 125 Å². The molecule has 1 aromatic rings. The molecule has 0 aromatic heterocycles. The minimum absolute atomic E-state index is 0.114. The van der Waals surface area contributed by atoms with Crippen molar-refractivity contribution in [3.05, 3.63) is 29.8 Å². The van der Waals surface area contributed by atoms with Gasteiger partial charge in [-0.3, -0.25) is 8.98 Å². The lowest BCUT2D eigenvalue weighted by atomic mass is 10.1. The van der Waals surface area contributed by atoms with Crippen molar-refractivity contribution in [3.63, 3.8) is 0 Å². The van der Waals surface area contributed by atoms with Crippen molar-refractivity contribution < 1.29 is 22.1 Å². The smallest absolute Gasteiger partial charge is 0.311 e. The zero-order valence-electron chi connectivity index (χ0n) is 12.2. The summed E-state index contributed by atoms with van der Waals surface area (Å²) in [6, 6.07) is 6.46. The molecule has 0 aliphatic heterocycles. The van der Waals surface area contributed by atoms with Gasteiger partial charge in [-0.05, 0) is 45.2 Å². The van der Waals surface area contributed by atoms with E-state index in [1.807, 2.05) is 6.92 Å². The average molecular weight is 312 g/mol. The van der Waals surface area contributed by atoms with E-state index in [9.17, 15) is 13.2 Å². The Balaban J connectivity index is 2.12. The van der Waals surface area contributed by atoms with Gasteiger partial charge in [0.1, 0.15) is 0 Å². The third-order valence-corrected chi connectivity index (χ3v) is 4.95. The number of aryl methyl sites for hydroxylation is 1. The number of carbonyl (C=O) groups is 1. The Morgan fingerprint density at radius 1 is 1.24 bits per heavy atom. The second kappa shape index (κ2) is 6.58. The second-order valence-electron chi connectivity index (χ2n) is 5.19. The first kappa shape index (κ1) is 16.0. The fourth-order valence-electron chi connectivity index (χ4n) is 2.48. The molecular weight excluding hydrogens is 292 g/mol. The number of rotatable bonds is 5. The van der Waals surface area contributed by atoms with E-state index in [4.69, 9.17) is 8.92 Å². The number of hydrogen-bond acceptors (Lipinski definition) is 5. The van der Waals surface area contributed by atoms with E-state index in [0.717, 1.165) is 12.0 Å². The summed E-state index contributed by atoms with van der Waals surface area (Å²) in [6.07, 6.45) is 1.29. The van der Waals surface area contributed by atoms with Crippen LogP contribution in [0.4, 0.5) is 0 Å². The Hall–Kier alpha value is -1.40. The van der Waals surface area contributed by atoms with E-state index in [1.54, 1.807) is 19.1 Å². The highest BCUT2D eigenvalue weighted by Gasteiger charge is 2.38. The minimum atomic E-state index is -3.85. The van der Waals surface area contributed by atoms with Crippen LogP contribution < -0.4 is 0 Å². The van der Waals surface area contributed by atoms with Crippen LogP contribution in [-0.4, -0.2) is 27.1 Å². The lowest BCUT2D eigenvalue weighted by Crippen LogP contribution is -2.29. The summed E-state index contributed by atoms with van der Waals surface area (Å²) in [5.41, 5.74) is 0.971. The summed E-state index contributed by atoms with van der Waals surface area (Å²) in [6.45, 7) is 3.89. The van der Waals surface area contributed by atoms with Crippen molar-refractivity contribution in [2.24, 2.45) is 5.92 Å². The van der Waals surface area contributed by atoms with Crippen LogP contribution in [0.25, 0.3) is 0 Å². The Morgan fingerprint density at radius 2 is 1.90 bits per heavy atom. The van der Waals surface area contributed by atoms with Crippen LogP contribution in [-0.2, 0) is 23.8 Å². The van der Waals surface area contributed by atoms with Gasteiger partial charge in [0, 0.05) is 0 Å². The summed E-state index contributed by atoms with van der Waals surface area (Å²) in [4.78, 5) is 11.9. The highest BCUT2D eigenvalue weighted by molar-refractivity contribution is 7.86. The molecule has 0 spiro atoms. The maximum atomic E-state index is 12.3. The predicted molar refractivity (Wildman–Crippen MR) is 77.2 cm³/mol. The molecule has 1 aliphatic rings. The van der Waals surface area contributed by atoms with E-state index in [-0.39, 0.29) is 17.5 Å². The lowest BCUT2D eigenvalue weighted by molar-refractivity contribution is -0.150. The van der Waals surface area contributed by atoms with E-state index in [0.29, 0.717) is 12.8 Å².